The molecule has 7 nitrogen and oxygen atoms in total. The summed E-state index contributed by atoms with van der Waals surface area (Å²) in [5.74, 6) is -0.546. The summed E-state index contributed by atoms with van der Waals surface area (Å²) in [7, 11) is 0. The maximum atomic E-state index is 12.4. The number of halogens is 3. The van der Waals surface area contributed by atoms with Crippen molar-refractivity contribution in [1.82, 2.24) is 10.3 Å². The number of hydrogen-bond acceptors (Lipinski definition) is 5. The minimum absolute atomic E-state index is 0.154. The summed E-state index contributed by atoms with van der Waals surface area (Å²) in [6.07, 6.45) is -5.73. The molecule has 1 amide bonds. The standard InChI is InChI=1S/C25H25F3N2O5/c1-16-21(30-24(35-16)18-5-3-2-4-6-18)11-12-34-20-9-7-17(8-10-23(32)33)19(13-20)15-29-22(31)14-25(26,27)28/h2-7,9,13H,8,10-12,14-15H2,1H3,(H,29,31)(H,32,33). The number of ether oxygens (including phenoxy) is 1. The summed E-state index contributed by atoms with van der Waals surface area (Å²) in [4.78, 5) is 27.0. The molecule has 186 valence electrons. The van der Waals surface area contributed by atoms with Crippen molar-refractivity contribution in [1.29, 1.82) is 0 Å². The molecule has 2 aromatic carbocycles. The van der Waals surface area contributed by atoms with Crippen molar-refractivity contribution < 1.29 is 37.0 Å². The van der Waals surface area contributed by atoms with E-state index in [1.165, 1.54) is 0 Å². The Labute approximate surface area is 199 Å². The molecule has 0 unspecified atom stereocenters. The average Bonchev–Trinajstić information content (AvgIpc) is 3.17. The van der Waals surface area contributed by atoms with E-state index >= 15 is 0 Å². The zero-order valence-corrected chi connectivity index (χ0v) is 19.0. The number of rotatable bonds is 11. The first-order chi connectivity index (χ1) is 16.6. The quantitative estimate of drug-likeness (QED) is 0.398. The van der Waals surface area contributed by atoms with Gasteiger partial charge in [0.05, 0.1) is 12.3 Å². The molecule has 3 rings (SSSR count). The first kappa shape index (κ1) is 25.8. The number of nitrogens with zero attached hydrogens (tertiary/aromatic N) is 1. The Morgan fingerprint density at radius 1 is 1.09 bits per heavy atom. The van der Waals surface area contributed by atoms with Gasteiger partial charge in [-0.25, -0.2) is 4.98 Å². The van der Waals surface area contributed by atoms with E-state index in [9.17, 15) is 22.8 Å². The first-order valence-corrected chi connectivity index (χ1v) is 10.9. The Morgan fingerprint density at radius 2 is 1.83 bits per heavy atom. The Bertz CT molecular complexity index is 1160. The number of amides is 1. The van der Waals surface area contributed by atoms with Gasteiger partial charge in [0.1, 0.15) is 17.9 Å². The molecule has 0 atom stereocenters. The summed E-state index contributed by atoms with van der Waals surface area (Å²) in [5.41, 5.74) is 2.69. The molecular weight excluding hydrogens is 465 g/mol. The fraction of sp³-hybridized carbons (Fsp3) is 0.320. The van der Waals surface area contributed by atoms with Crippen LogP contribution in [-0.2, 0) is 29.0 Å². The molecule has 0 aliphatic carbocycles. The van der Waals surface area contributed by atoms with Gasteiger partial charge >= 0.3 is 12.1 Å². The highest BCUT2D eigenvalue weighted by molar-refractivity contribution is 5.76. The van der Waals surface area contributed by atoms with Gasteiger partial charge in [0, 0.05) is 24.9 Å². The number of alkyl halides is 3. The minimum atomic E-state index is -4.61. The van der Waals surface area contributed by atoms with Gasteiger partial charge in [-0.1, -0.05) is 24.3 Å². The first-order valence-electron chi connectivity index (χ1n) is 10.9. The van der Waals surface area contributed by atoms with Crippen LogP contribution in [-0.4, -0.2) is 34.8 Å². The average molecular weight is 490 g/mol. The summed E-state index contributed by atoms with van der Waals surface area (Å²) in [5, 5.41) is 11.2. The maximum absolute atomic E-state index is 12.4. The Hall–Kier alpha value is -3.82. The number of hydrogen-bond donors (Lipinski definition) is 2. The van der Waals surface area contributed by atoms with Crippen LogP contribution in [0, 0.1) is 6.92 Å². The van der Waals surface area contributed by atoms with E-state index in [2.05, 4.69) is 10.3 Å². The topological polar surface area (TPSA) is 102 Å². The van der Waals surface area contributed by atoms with Crippen LogP contribution in [0.15, 0.2) is 52.9 Å². The number of carboxylic acid groups (broad SMARTS) is 1. The van der Waals surface area contributed by atoms with E-state index in [1.54, 1.807) is 18.2 Å². The van der Waals surface area contributed by atoms with E-state index in [0.717, 1.165) is 11.3 Å². The van der Waals surface area contributed by atoms with Crippen LogP contribution < -0.4 is 10.1 Å². The number of aliphatic carboxylic acids is 1. The van der Waals surface area contributed by atoms with Crippen LogP contribution in [0.4, 0.5) is 13.2 Å². The fourth-order valence-electron chi connectivity index (χ4n) is 3.41. The molecule has 2 N–H and O–H groups in total. The molecule has 0 bridgehead atoms. The molecule has 0 saturated heterocycles. The summed E-state index contributed by atoms with van der Waals surface area (Å²) < 4.78 is 48.8. The molecule has 0 saturated carbocycles. The summed E-state index contributed by atoms with van der Waals surface area (Å²) in [6.45, 7) is 1.90. The highest BCUT2D eigenvalue weighted by Crippen LogP contribution is 2.24. The third-order valence-corrected chi connectivity index (χ3v) is 5.14. The normalized spacial score (nSPS) is 11.3. The van der Waals surface area contributed by atoms with Crippen LogP contribution >= 0.6 is 0 Å². The second-order valence-corrected chi connectivity index (χ2v) is 7.88. The van der Waals surface area contributed by atoms with Crippen molar-refractivity contribution in [2.45, 2.75) is 45.3 Å². The van der Waals surface area contributed by atoms with E-state index in [0.29, 0.717) is 34.9 Å². The lowest BCUT2D eigenvalue weighted by Gasteiger charge is -2.14. The Balaban J connectivity index is 1.64. The van der Waals surface area contributed by atoms with Gasteiger partial charge in [0.25, 0.3) is 0 Å². The van der Waals surface area contributed by atoms with E-state index in [-0.39, 0.29) is 26.0 Å². The lowest BCUT2D eigenvalue weighted by molar-refractivity contribution is -0.154. The number of benzene rings is 2. The highest BCUT2D eigenvalue weighted by atomic mass is 19.4. The third-order valence-electron chi connectivity index (χ3n) is 5.14. The lowest BCUT2D eigenvalue weighted by Crippen LogP contribution is -2.28. The lowest BCUT2D eigenvalue weighted by atomic mass is 10.0. The molecule has 10 heteroatoms. The zero-order valence-electron chi connectivity index (χ0n) is 19.0. The molecule has 3 aromatic rings. The number of aromatic nitrogens is 1. The van der Waals surface area contributed by atoms with Gasteiger partial charge in [-0.2, -0.15) is 13.2 Å². The monoisotopic (exact) mass is 490 g/mol. The molecule has 0 spiro atoms. The predicted octanol–water partition coefficient (Wildman–Crippen LogP) is 4.86. The van der Waals surface area contributed by atoms with Gasteiger partial charge in [0.2, 0.25) is 11.8 Å². The Kier molecular flexibility index (Phi) is 8.51. The number of nitrogens with one attached hydrogen (secondary N) is 1. The maximum Gasteiger partial charge on any atom is 0.397 e. The number of oxazole rings is 1. The number of carbonyl (C=O) groups excluding carboxylic acids is 1. The largest absolute Gasteiger partial charge is 0.493 e. The van der Waals surface area contributed by atoms with Gasteiger partial charge in [0.15, 0.2) is 0 Å². The number of carboxylic acids is 1. The van der Waals surface area contributed by atoms with Crippen LogP contribution in [0.1, 0.15) is 35.4 Å². The van der Waals surface area contributed by atoms with E-state index < -0.39 is 24.5 Å². The van der Waals surface area contributed by atoms with Gasteiger partial charge in [-0.15, -0.1) is 0 Å². The van der Waals surface area contributed by atoms with Crippen LogP contribution in [0.2, 0.25) is 0 Å². The van der Waals surface area contributed by atoms with Gasteiger partial charge in [-0.05, 0) is 48.7 Å². The number of carbonyl (C=O) groups is 2. The molecule has 0 fully saturated rings. The van der Waals surface area contributed by atoms with Gasteiger partial charge < -0.3 is 19.6 Å². The summed E-state index contributed by atoms with van der Waals surface area (Å²) in [6, 6.07) is 14.4. The molecule has 0 aliphatic rings. The summed E-state index contributed by atoms with van der Waals surface area (Å²) >= 11 is 0. The molecule has 0 aliphatic heterocycles. The van der Waals surface area contributed by atoms with Crippen molar-refractivity contribution >= 4 is 11.9 Å². The SMILES string of the molecule is Cc1oc(-c2ccccc2)nc1CCOc1ccc(CCC(=O)O)c(CNC(=O)CC(F)(F)F)c1. The van der Waals surface area contributed by atoms with Crippen molar-refractivity contribution in [3.05, 3.63) is 71.1 Å². The number of aryl methyl sites for hydroxylation is 2. The zero-order chi connectivity index (χ0) is 25.4. The molecular formula is C25H25F3N2O5. The second-order valence-electron chi connectivity index (χ2n) is 7.88. The Morgan fingerprint density at radius 3 is 2.51 bits per heavy atom. The van der Waals surface area contributed by atoms with E-state index in [1.807, 2.05) is 37.3 Å². The third kappa shape index (κ3) is 8.16. The minimum Gasteiger partial charge on any atom is -0.493 e. The van der Waals surface area contributed by atoms with Crippen LogP contribution in [0.5, 0.6) is 5.75 Å². The fourth-order valence-corrected chi connectivity index (χ4v) is 3.41. The van der Waals surface area contributed by atoms with Crippen molar-refractivity contribution in [3.8, 4) is 17.2 Å². The second kappa shape index (κ2) is 11.5. The molecule has 35 heavy (non-hydrogen) atoms. The van der Waals surface area contributed by atoms with Crippen molar-refractivity contribution in [2.75, 3.05) is 6.61 Å². The van der Waals surface area contributed by atoms with Crippen molar-refractivity contribution in [2.24, 2.45) is 0 Å². The van der Waals surface area contributed by atoms with E-state index in [4.69, 9.17) is 14.3 Å². The van der Waals surface area contributed by atoms with Crippen LogP contribution in [0.25, 0.3) is 11.5 Å². The smallest absolute Gasteiger partial charge is 0.397 e. The molecule has 1 aromatic heterocycles. The molecule has 0 radical (unpaired) electrons. The predicted molar refractivity (Wildman–Crippen MR) is 121 cm³/mol. The van der Waals surface area contributed by atoms with Crippen molar-refractivity contribution in [3.63, 3.8) is 0 Å². The van der Waals surface area contributed by atoms with Gasteiger partial charge in [-0.3, -0.25) is 9.59 Å². The molecule has 1 heterocycles. The van der Waals surface area contributed by atoms with Crippen LogP contribution in [0.3, 0.4) is 0 Å². The highest BCUT2D eigenvalue weighted by Gasteiger charge is 2.31.